The molecule has 0 heterocycles. The molecule has 0 aromatic heterocycles. The molecule has 1 amide bonds. The maximum Gasteiger partial charge on any atom is 0.411 e. The number of carbonyl (C=O) groups excluding carboxylic acids is 1. The number of ether oxygens (including phenoxy) is 1. The van der Waals surface area contributed by atoms with Crippen LogP contribution in [0.3, 0.4) is 0 Å². The van der Waals surface area contributed by atoms with E-state index in [1.54, 1.807) is 6.07 Å². The van der Waals surface area contributed by atoms with Gasteiger partial charge in [-0.3, -0.25) is 4.79 Å². The van der Waals surface area contributed by atoms with Gasteiger partial charge in [-0.15, -0.1) is 0 Å². The van der Waals surface area contributed by atoms with Crippen LogP contribution in [0.5, 0.6) is 0 Å². The van der Waals surface area contributed by atoms with Crippen LogP contribution in [0.4, 0.5) is 13.2 Å². The first-order valence-corrected chi connectivity index (χ1v) is 4.12. The van der Waals surface area contributed by atoms with Crippen molar-refractivity contribution in [1.29, 1.82) is 5.26 Å². The highest BCUT2D eigenvalue weighted by molar-refractivity contribution is 5.76. The standard InChI is InChI=1S/C8H11F3N2O2/c1-13(4-3-12)7(14)2-5-15-6-8(9,10)11/h2,4-6H2,1H3. The molecule has 0 spiro atoms. The van der Waals surface area contributed by atoms with Crippen LogP contribution in [0.2, 0.25) is 0 Å². The Kier molecular flexibility index (Phi) is 5.70. The molecule has 0 rings (SSSR count). The van der Waals surface area contributed by atoms with Gasteiger partial charge < -0.3 is 9.64 Å². The van der Waals surface area contributed by atoms with E-state index >= 15 is 0 Å². The first kappa shape index (κ1) is 13.7. The second-order valence-corrected chi connectivity index (χ2v) is 2.83. The number of nitrogens with zero attached hydrogens (tertiary/aromatic N) is 2. The van der Waals surface area contributed by atoms with Crippen LogP contribution < -0.4 is 0 Å². The second kappa shape index (κ2) is 6.24. The fourth-order valence-corrected chi connectivity index (χ4v) is 0.732. The summed E-state index contributed by atoms with van der Waals surface area (Å²) in [5.74, 6) is -0.418. The van der Waals surface area contributed by atoms with Crippen molar-refractivity contribution >= 4 is 5.91 Å². The zero-order valence-electron chi connectivity index (χ0n) is 8.17. The van der Waals surface area contributed by atoms with Crippen LogP contribution in [-0.2, 0) is 9.53 Å². The molecular formula is C8H11F3N2O2. The Bertz CT molecular complexity index is 247. The van der Waals surface area contributed by atoms with Crippen molar-refractivity contribution in [2.75, 3.05) is 26.8 Å². The van der Waals surface area contributed by atoms with Crippen LogP contribution in [0.1, 0.15) is 6.42 Å². The van der Waals surface area contributed by atoms with Crippen molar-refractivity contribution in [1.82, 2.24) is 4.90 Å². The number of amides is 1. The molecule has 0 unspecified atom stereocenters. The minimum absolute atomic E-state index is 0.0852. The summed E-state index contributed by atoms with van der Waals surface area (Å²) in [6, 6.07) is 1.75. The molecule has 0 aromatic carbocycles. The Morgan fingerprint density at radius 3 is 2.60 bits per heavy atom. The highest BCUT2D eigenvalue weighted by Gasteiger charge is 2.27. The average molecular weight is 224 g/mol. The lowest BCUT2D eigenvalue weighted by Gasteiger charge is -2.13. The number of nitriles is 1. The van der Waals surface area contributed by atoms with Crippen LogP contribution in [0.25, 0.3) is 0 Å². The molecular weight excluding hydrogens is 213 g/mol. The summed E-state index contributed by atoms with van der Waals surface area (Å²) in [5.41, 5.74) is 0. The molecule has 0 N–H and O–H groups in total. The van der Waals surface area contributed by atoms with Crippen molar-refractivity contribution < 1.29 is 22.7 Å². The Balaban J connectivity index is 3.61. The third kappa shape index (κ3) is 7.76. The van der Waals surface area contributed by atoms with Gasteiger partial charge in [-0.2, -0.15) is 18.4 Å². The summed E-state index contributed by atoms with van der Waals surface area (Å²) in [6.07, 6.45) is -4.53. The summed E-state index contributed by atoms with van der Waals surface area (Å²) in [6.45, 7) is -1.74. The minimum Gasteiger partial charge on any atom is -0.372 e. The zero-order chi connectivity index (χ0) is 11.9. The number of hydrogen-bond donors (Lipinski definition) is 0. The minimum atomic E-state index is -4.37. The van der Waals surface area contributed by atoms with Gasteiger partial charge in [-0.1, -0.05) is 0 Å². The van der Waals surface area contributed by atoms with Gasteiger partial charge in [0.25, 0.3) is 0 Å². The van der Waals surface area contributed by atoms with Gasteiger partial charge in [0.2, 0.25) is 5.91 Å². The lowest BCUT2D eigenvalue weighted by Crippen LogP contribution is -2.28. The van der Waals surface area contributed by atoms with Gasteiger partial charge in [0.05, 0.1) is 19.1 Å². The summed E-state index contributed by atoms with van der Waals surface area (Å²) in [7, 11) is 1.40. The van der Waals surface area contributed by atoms with Crippen LogP contribution in [-0.4, -0.2) is 43.8 Å². The van der Waals surface area contributed by atoms with Crippen LogP contribution in [0, 0.1) is 11.3 Å². The molecule has 0 aromatic rings. The molecule has 0 aliphatic carbocycles. The van der Waals surface area contributed by atoms with Crippen LogP contribution in [0.15, 0.2) is 0 Å². The predicted octanol–water partition coefficient (Wildman–Crippen LogP) is 0.937. The predicted molar refractivity (Wildman–Crippen MR) is 44.7 cm³/mol. The Morgan fingerprint density at radius 2 is 2.13 bits per heavy atom. The van der Waals surface area contributed by atoms with E-state index < -0.39 is 18.7 Å². The average Bonchev–Trinajstić information content (AvgIpc) is 2.11. The molecule has 0 saturated carbocycles. The number of hydrogen-bond acceptors (Lipinski definition) is 3. The second-order valence-electron chi connectivity index (χ2n) is 2.83. The van der Waals surface area contributed by atoms with E-state index in [0.717, 1.165) is 4.90 Å². The Morgan fingerprint density at radius 1 is 1.53 bits per heavy atom. The summed E-state index contributed by atoms with van der Waals surface area (Å²) in [4.78, 5) is 12.2. The highest BCUT2D eigenvalue weighted by atomic mass is 19.4. The fraction of sp³-hybridized carbons (Fsp3) is 0.750. The SMILES string of the molecule is CN(CC#N)C(=O)CCOCC(F)(F)F. The van der Waals surface area contributed by atoms with E-state index in [4.69, 9.17) is 5.26 Å². The zero-order valence-corrected chi connectivity index (χ0v) is 8.17. The van der Waals surface area contributed by atoms with Crippen molar-refractivity contribution in [2.24, 2.45) is 0 Å². The highest BCUT2D eigenvalue weighted by Crippen LogP contribution is 2.14. The number of halogens is 3. The molecule has 0 radical (unpaired) electrons. The van der Waals surface area contributed by atoms with Gasteiger partial charge in [0.15, 0.2) is 0 Å². The maximum atomic E-state index is 11.6. The summed E-state index contributed by atoms with van der Waals surface area (Å²) >= 11 is 0. The largest absolute Gasteiger partial charge is 0.411 e. The molecule has 86 valence electrons. The molecule has 0 bridgehead atoms. The molecule has 0 atom stereocenters. The molecule has 15 heavy (non-hydrogen) atoms. The first-order chi connectivity index (χ1) is 6.87. The Hall–Kier alpha value is -1.29. The molecule has 4 nitrogen and oxygen atoms in total. The third-order valence-electron chi connectivity index (χ3n) is 1.46. The Labute approximate surface area is 85.2 Å². The molecule has 0 saturated heterocycles. The number of rotatable bonds is 5. The van der Waals surface area contributed by atoms with Crippen molar-refractivity contribution in [3.63, 3.8) is 0 Å². The van der Waals surface area contributed by atoms with Gasteiger partial charge in [0, 0.05) is 7.05 Å². The maximum absolute atomic E-state index is 11.6. The quantitative estimate of drug-likeness (QED) is 0.515. The van der Waals surface area contributed by atoms with E-state index in [9.17, 15) is 18.0 Å². The lowest BCUT2D eigenvalue weighted by atomic mass is 10.4. The van der Waals surface area contributed by atoms with E-state index in [2.05, 4.69) is 4.74 Å². The van der Waals surface area contributed by atoms with Crippen molar-refractivity contribution in [3.05, 3.63) is 0 Å². The molecule has 0 aliphatic rings. The van der Waals surface area contributed by atoms with E-state index in [1.807, 2.05) is 0 Å². The smallest absolute Gasteiger partial charge is 0.372 e. The fourth-order valence-electron chi connectivity index (χ4n) is 0.732. The topological polar surface area (TPSA) is 53.3 Å². The first-order valence-electron chi connectivity index (χ1n) is 4.12. The van der Waals surface area contributed by atoms with Crippen molar-refractivity contribution in [2.45, 2.75) is 12.6 Å². The van der Waals surface area contributed by atoms with Crippen LogP contribution >= 0.6 is 0 Å². The molecule has 7 heteroatoms. The third-order valence-corrected chi connectivity index (χ3v) is 1.46. The lowest BCUT2D eigenvalue weighted by molar-refractivity contribution is -0.175. The number of alkyl halides is 3. The van der Waals surface area contributed by atoms with E-state index in [0.29, 0.717) is 0 Å². The van der Waals surface area contributed by atoms with Crippen molar-refractivity contribution in [3.8, 4) is 6.07 Å². The monoisotopic (exact) mass is 224 g/mol. The van der Waals surface area contributed by atoms with Gasteiger partial charge in [0.1, 0.15) is 13.2 Å². The van der Waals surface area contributed by atoms with Gasteiger partial charge in [-0.05, 0) is 0 Å². The molecule has 0 fully saturated rings. The van der Waals surface area contributed by atoms with Gasteiger partial charge >= 0.3 is 6.18 Å². The summed E-state index contributed by atoms with van der Waals surface area (Å²) < 4.78 is 39.0. The normalized spacial score (nSPS) is 10.9. The van der Waals surface area contributed by atoms with Gasteiger partial charge in [-0.25, -0.2) is 0 Å². The van der Waals surface area contributed by atoms with E-state index in [1.165, 1.54) is 7.05 Å². The van der Waals surface area contributed by atoms with E-state index in [-0.39, 0.29) is 19.6 Å². The summed E-state index contributed by atoms with van der Waals surface area (Å²) in [5, 5.41) is 8.24. The number of carbonyl (C=O) groups is 1. The molecule has 0 aliphatic heterocycles.